The largest absolute Gasteiger partial charge is 0.300 e. The molecule has 82 valence electrons. The Labute approximate surface area is 89.2 Å². The van der Waals surface area contributed by atoms with E-state index in [9.17, 15) is 14.4 Å². The predicted octanol–water partition coefficient (Wildman–Crippen LogP) is 1.68. The number of Topliss-reactive ketones (excluding diaryl/α,β-unsaturated/α-hetero) is 3. The monoisotopic (exact) mass is 208 g/mol. The highest BCUT2D eigenvalue weighted by Crippen LogP contribution is 2.34. The van der Waals surface area contributed by atoms with Crippen LogP contribution in [0, 0.1) is 11.8 Å². The van der Waals surface area contributed by atoms with Crippen LogP contribution in [-0.4, -0.2) is 17.3 Å². The maximum atomic E-state index is 11.8. The Morgan fingerprint density at radius 2 is 1.60 bits per heavy atom. The number of carbonyl (C=O) groups excluding carboxylic acids is 3. The highest BCUT2D eigenvalue weighted by molar-refractivity contribution is 5.91. The number of ketones is 3. The van der Waals surface area contributed by atoms with E-state index in [1.165, 1.54) is 0 Å². The molecule has 2 aliphatic rings. The van der Waals surface area contributed by atoms with Crippen LogP contribution in [0.4, 0.5) is 0 Å². The molecule has 0 aromatic rings. The van der Waals surface area contributed by atoms with Crippen molar-refractivity contribution < 1.29 is 14.4 Å². The van der Waals surface area contributed by atoms with E-state index >= 15 is 0 Å². The lowest BCUT2D eigenvalue weighted by Gasteiger charge is -2.30. The van der Waals surface area contributed by atoms with E-state index < -0.39 is 0 Å². The fourth-order valence-electron chi connectivity index (χ4n) is 2.72. The molecule has 0 radical (unpaired) electrons. The smallest absolute Gasteiger partial charge is 0.136 e. The topological polar surface area (TPSA) is 51.2 Å². The molecule has 0 aromatic carbocycles. The van der Waals surface area contributed by atoms with Crippen LogP contribution in [0.25, 0.3) is 0 Å². The molecule has 2 saturated carbocycles. The van der Waals surface area contributed by atoms with Gasteiger partial charge in [-0.3, -0.25) is 14.4 Å². The fourth-order valence-corrected chi connectivity index (χ4v) is 2.72. The third-order valence-corrected chi connectivity index (χ3v) is 3.59. The van der Waals surface area contributed by atoms with E-state index in [-0.39, 0.29) is 29.2 Å². The third kappa shape index (κ3) is 2.33. The SMILES string of the molecule is O=C1CCCC(=O)[C@H]2CC(=O)CC[C@H]2C1. The average Bonchev–Trinajstić information content (AvgIpc) is 2.18. The highest BCUT2D eigenvalue weighted by Gasteiger charge is 2.36. The molecule has 3 nitrogen and oxygen atoms in total. The maximum Gasteiger partial charge on any atom is 0.136 e. The maximum absolute atomic E-state index is 11.8. The highest BCUT2D eigenvalue weighted by atomic mass is 16.1. The van der Waals surface area contributed by atoms with Crippen LogP contribution < -0.4 is 0 Å². The second-order valence-electron chi connectivity index (χ2n) is 4.71. The van der Waals surface area contributed by atoms with Gasteiger partial charge in [-0.15, -0.1) is 0 Å². The summed E-state index contributed by atoms with van der Waals surface area (Å²) in [5, 5.41) is 0. The van der Waals surface area contributed by atoms with Crippen LogP contribution in [0.5, 0.6) is 0 Å². The van der Waals surface area contributed by atoms with Crippen molar-refractivity contribution >= 4 is 17.3 Å². The Hall–Kier alpha value is -0.990. The van der Waals surface area contributed by atoms with Crippen molar-refractivity contribution in [1.82, 2.24) is 0 Å². The van der Waals surface area contributed by atoms with Crippen molar-refractivity contribution in [3.8, 4) is 0 Å². The lowest BCUT2D eigenvalue weighted by molar-refractivity contribution is -0.135. The van der Waals surface area contributed by atoms with Gasteiger partial charge < -0.3 is 0 Å². The van der Waals surface area contributed by atoms with Gasteiger partial charge in [-0.05, 0) is 18.8 Å². The molecule has 0 amide bonds. The quantitative estimate of drug-likeness (QED) is 0.608. The molecule has 2 aliphatic carbocycles. The summed E-state index contributed by atoms with van der Waals surface area (Å²) in [6.07, 6.45) is 3.90. The van der Waals surface area contributed by atoms with Crippen LogP contribution in [0.1, 0.15) is 44.9 Å². The first-order valence-corrected chi connectivity index (χ1v) is 5.73. The summed E-state index contributed by atoms with van der Waals surface area (Å²) in [6, 6.07) is 0. The van der Waals surface area contributed by atoms with Gasteiger partial charge in [0.25, 0.3) is 0 Å². The zero-order valence-corrected chi connectivity index (χ0v) is 8.83. The second kappa shape index (κ2) is 4.25. The predicted molar refractivity (Wildman–Crippen MR) is 54.3 cm³/mol. The lowest BCUT2D eigenvalue weighted by Crippen LogP contribution is -2.34. The lowest BCUT2D eigenvalue weighted by atomic mass is 9.72. The molecule has 0 heterocycles. The Bertz CT molecular complexity index is 306. The Morgan fingerprint density at radius 1 is 0.867 bits per heavy atom. The molecule has 2 rings (SSSR count). The zero-order valence-electron chi connectivity index (χ0n) is 8.83. The van der Waals surface area contributed by atoms with Gasteiger partial charge in [-0.25, -0.2) is 0 Å². The van der Waals surface area contributed by atoms with Crippen LogP contribution in [-0.2, 0) is 14.4 Å². The van der Waals surface area contributed by atoms with E-state index in [0.29, 0.717) is 38.5 Å². The van der Waals surface area contributed by atoms with E-state index in [0.717, 1.165) is 6.42 Å². The summed E-state index contributed by atoms with van der Waals surface area (Å²) in [7, 11) is 0. The van der Waals surface area contributed by atoms with Gasteiger partial charge in [0, 0.05) is 38.0 Å². The number of carbonyl (C=O) groups is 3. The van der Waals surface area contributed by atoms with Gasteiger partial charge in [-0.2, -0.15) is 0 Å². The molecule has 0 unspecified atom stereocenters. The molecular weight excluding hydrogens is 192 g/mol. The van der Waals surface area contributed by atoms with Crippen LogP contribution in [0.15, 0.2) is 0 Å². The van der Waals surface area contributed by atoms with E-state index in [4.69, 9.17) is 0 Å². The van der Waals surface area contributed by atoms with Gasteiger partial charge in [0.1, 0.15) is 17.3 Å². The standard InChI is InChI=1S/C12H16O3/c13-9-2-1-3-12(15)11-7-10(14)5-4-8(11)6-9/h8,11H,1-7H2/t8-,11-/m0/s1. The van der Waals surface area contributed by atoms with Gasteiger partial charge in [-0.1, -0.05) is 0 Å². The molecule has 3 heteroatoms. The van der Waals surface area contributed by atoms with Crippen molar-refractivity contribution in [2.75, 3.05) is 0 Å². The first-order valence-electron chi connectivity index (χ1n) is 5.73. The summed E-state index contributed by atoms with van der Waals surface area (Å²) in [5.74, 6) is 0.684. The molecule has 0 aliphatic heterocycles. The molecule has 0 spiro atoms. The van der Waals surface area contributed by atoms with Crippen LogP contribution in [0.2, 0.25) is 0 Å². The van der Waals surface area contributed by atoms with E-state index in [1.807, 2.05) is 0 Å². The summed E-state index contributed by atoms with van der Waals surface area (Å²) in [5.41, 5.74) is 0. The third-order valence-electron chi connectivity index (χ3n) is 3.59. The van der Waals surface area contributed by atoms with Crippen LogP contribution in [0.3, 0.4) is 0 Å². The zero-order chi connectivity index (χ0) is 10.8. The summed E-state index contributed by atoms with van der Waals surface area (Å²) >= 11 is 0. The minimum absolute atomic E-state index is 0.143. The van der Waals surface area contributed by atoms with E-state index in [1.54, 1.807) is 0 Å². The molecule has 0 saturated heterocycles. The minimum atomic E-state index is -0.143. The van der Waals surface area contributed by atoms with Crippen molar-refractivity contribution in [2.45, 2.75) is 44.9 Å². The van der Waals surface area contributed by atoms with Crippen molar-refractivity contribution in [2.24, 2.45) is 11.8 Å². The summed E-state index contributed by atoms with van der Waals surface area (Å²) in [6.45, 7) is 0. The number of hydrogen-bond donors (Lipinski definition) is 0. The Morgan fingerprint density at radius 3 is 2.40 bits per heavy atom. The molecule has 2 atom stereocenters. The molecule has 2 fully saturated rings. The Kier molecular flexibility index (Phi) is 2.98. The average molecular weight is 208 g/mol. The van der Waals surface area contributed by atoms with Crippen LogP contribution >= 0.6 is 0 Å². The second-order valence-corrected chi connectivity index (χ2v) is 4.71. The molecule has 0 bridgehead atoms. The molecular formula is C12H16O3. The number of hydrogen-bond acceptors (Lipinski definition) is 3. The van der Waals surface area contributed by atoms with Crippen molar-refractivity contribution in [1.29, 1.82) is 0 Å². The van der Waals surface area contributed by atoms with Gasteiger partial charge in [0.15, 0.2) is 0 Å². The first-order chi connectivity index (χ1) is 7.16. The first kappa shape index (κ1) is 10.5. The van der Waals surface area contributed by atoms with Gasteiger partial charge in [0.2, 0.25) is 0 Å². The van der Waals surface area contributed by atoms with Gasteiger partial charge in [0.05, 0.1) is 0 Å². The van der Waals surface area contributed by atoms with Gasteiger partial charge >= 0.3 is 0 Å². The van der Waals surface area contributed by atoms with Crippen molar-refractivity contribution in [3.63, 3.8) is 0 Å². The number of fused-ring (bicyclic) bond motifs is 1. The van der Waals surface area contributed by atoms with Crippen molar-refractivity contribution in [3.05, 3.63) is 0 Å². The molecule has 15 heavy (non-hydrogen) atoms. The number of rotatable bonds is 0. The normalized spacial score (nSPS) is 33.2. The Balaban J connectivity index is 2.13. The summed E-state index contributed by atoms with van der Waals surface area (Å²) in [4.78, 5) is 34.6. The van der Waals surface area contributed by atoms with E-state index in [2.05, 4.69) is 0 Å². The molecule has 0 aromatic heterocycles. The summed E-state index contributed by atoms with van der Waals surface area (Å²) < 4.78 is 0. The fraction of sp³-hybridized carbons (Fsp3) is 0.750. The minimum Gasteiger partial charge on any atom is -0.300 e. The molecule has 0 N–H and O–H groups in total.